The smallest absolute Gasteiger partial charge is 0.161 e. The molecule has 3 aromatic carbocycles. The van der Waals surface area contributed by atoms with Gasteiger partial charge in [0.25, 0.3) is 0 Å². The van der Waals surface area contributed by atoms with Gasteiger partial charge in [0.2, 0.25) is 0 Å². The predicted octanol–water partition coefficient (Wildman–Crippen LogP) is 5.51. The highest BCUT2D eigenvalue weighted by atomic mass is 16.6. The molecule has 0 unspecified atom stereocenters. The van der Waals surface area contributed by atoms with Crippen molar-refractivity contribution >= 4 is 5.57 Å². The highest BCUT2D eigenvalue weighted by Gasteiger charge is 2.17. The summed E-state index contributed by atoms with van der Waals surface area (Å²) >= 11 is 0. The summed E-state index contributed by atoms with van der Waals surface area (Å²) in [7, 11) is 2.18. The van der Waals surface area contributed by atoms with Gasteiger partial charge in [-0.15, -0.1) is 0 Å². The van der Waals surface area contributed by atoms with Crippen LogP contribution >= 0.6 is 0 Å². The molecule has 3 heteroatoms. The highest BCUT2D eigenvalue weighted by molar-refractivity contribution is 5.83. The van der Waals surface area contributed by atoms with Gasteiger partial charge in [-0.25, -0.2) is 0 Å². The second kappa shape index (κ2) is 8.99. The Bertz CT molecular complexity index is 1050. The molecule has 0 atom stereocenters. The van der Waals surface area contributed by atoms with Gasteiger partial charge in [-0.3, -0.25) is 0 Å². The van der Waals surface area contributed by atoms with Crippen molar-refractivity contribution in [3.8, 4) is 11.5 Å². The van der Waals surface area contributed by atoms with Crippen molar-refractivity contribution in [3.63, 3.8) is 0 Å². The van der Waals surface area contributed by atoms with E-state index < -0.39 is 0 Å². The third-order valence-corrected chi connectivity index (χ3v) is 6.20. The van der Waals surface area contributed by atoms with Gasteiger partial charge in [-0.05, 0) is 71.8 Å². The minimum Gasteiger partial charge on any atom is -0.486 e. The zero-order chi connectivity index (χ0) is 21.0. The lowest BCUT2D eigenvalue weighted by Gasteiger charge is -2.21. The largest absolute Gasteiger partial charge is 0.486 e. The monoisotopic (exact) mass is 411 g/mol. The Morgan fingerprint density at radius 3 is 2.16 bits per heavy atom. The molecule has 0 saturated heterocycles. The molecule has 0 bridgehead atoms. The van der Waals surface area contributed by atoms with Crippen LogP contribution in [0.5, 0.6) is 11.5 Å². The first-order valence-electron chi connectivity index (χ1n) is 11.2. The van der Waals surface area contributed by atoms with Crippen LogP contribution in [-0.4, -0.2) is 31.7 Å². The van der Waals surface area contributed by atoms with E-state index in [4.69, 9.17) is 9.47 Å². The average Bonchev–Trinajstić information content (AvgIpc) is 2.96. The third kappa shape index (κ3) is 4.38. The number of fused-ring (bicyclic) bond motifs is 3. The number of hydrogen-bond acceptors (Lipinski definition) is 3. The molecule has 31 heavy (non-hydrogen) atoms. The topological polar surface area (TPSA) is 21.7 Å². The van der Waals surface area contributed by atoms with Gasteiger partial charge in [0.15, 0.2) is 11.5 Å². The molecule has 5 rings (SSSR count). The highest BCUT2D eigenvalue weighted by Crippen LogP contribution is 2.34. The predicted molar refractivity (Wildman–Crippen MR) is 126 cm³/mol. The van der Waals surface area contributed by atoms with Crippen molar-refractivity contribution in [1.82, 2.24) is 4.90 Å². The van der Waals surface area contributed by atoms with Crippen LogP contribution in [0.4, 0.5) is 0 Å². The van der Waals surface area contributed by atoms with Crippen LogP contribution in [0.25, 0.3) is 5.57 Å². The minimum absolute atomic E-state index is 0.628. The lowest BCUT2D eigenvalue weighted by atomic mass is 9.93. The van der Waals surface area contributed by atoms with Gasteiger partial charge in [0, 0.05) is 13.1 Å². The Morgan fingerprint density at radius 1 is 0.806 bits per heavy atom. The Hall–Kier alpha value is -3.04. The molecule has 3 nitrogen and oxygen atoms in total. The number of rotatable bonds is 5. The summed E-state index contributed by atoms with van der Waals surface area (Å²) in [5, 5.41) is 0. The molecule has 0 spiro atoms. The maximum Gasteiger partial charge on any atom is 0.161 e. The molecule has 0 fully saturated rings. The average molecular weight is 412 g/mol. The second-order valence-electron chi connectivity index (χ2n) is 8.44. The van der Waals surface area contributed by atoms with Gasteiger partial charge in [0.05, 0.1) is 0 Å². The van der Waals surface area contributed by atoms with E-state index in [-0.39, 0.29) is 0 Å². The molecule has 1 aliphatic heterocycles. The summed E-state index contributed by atoms with van der Waals surface area (Å²) in [4.78, 5) is 2.37. The first-order chi connectivity index (χ1) is 15.3. The number of hydrogen-bond donors (Lipinski definition) is 0. The van der Waals surface area contributed by atoms with Gasteiger partial charge in [-0.1, -0.05) is 60.7 Å². The van der Waals surface area contributed by atoms with E-state index >= 15 is 0 Å². The summed E-state index contributed by atoms with van der Waals surface area (Å²) in [5.41, 5.74) is 8.33. The van der Waals surface area contributed by atoms with E-state index in [1.807, 2.05) is 6.07 Å². The minimum atomic E-state index is 0.628. The second-order valence-corrected chi connectivity index (χ2v) is 8.44. The molecule has 3 aromatic rings. The van der Waals surface area contributed by atoms with Gasteiger partial charge >= 0.3 is 0 Å². The molecular formula is C28H29NO2. The molecular weight excluding hydrogens is 382 g/mol. The normalized spacial score (nSPS) is 14.6. The van der Waals surface area contributed by atoms with Crippen LogP contribution in [0.2, 0.25) is 0 Å². The van der Waals surface area contributed by atoms with E-state index in [1.165, 1.54) is 33.4 Å². The van der Waals surface area contributed by atoms with Crippen molar-refractivity contribution in [2.75, 3.05) is 26.8 Å². The van der Waals surface area contributed by atoms with Gasteiger partial charge in [0.1, 0.15) is 13.2 Å². The number of ether oxygens (including phenoxy) is 2. The Labute approximate surface area is 184 Å². The summed E-state index contributed by atoms with van der Waals surface area (Å²) in [5.74, 6) is 1.72. The van der Waals surface area contributed by atoms with Crippen LogP contribution in [0.3, 0.4) is 0 Å². The molecule has 2 aliphatic rings. The fraction of sp³-hybridized carbons (Fsp3) is 0.286. The molecule has 1 heterocycles. The number of nitrogens with zero attached hydrogens (tertiary/aromatic N) is 1. The fourth-order valence-electron chi connectivity index (χ4n) is 4.64. The quantitative estimate of drug-likeness (QED) is 0.553. The maximum absolute atomic E-state index is 5.73. The summed E-state index contributed by atoms with van der Waals surface area (Å²) < 4.78 is 11.4. The van der Waals surface area contributed by atoms with Crippen LogP contribution < -0.4 is 9.47 Å². The molecule has 0 amide bonds. The first kappa shape index (κ1) is 19.9. The van der Waals surface area contributed by atoms with Crippen LogP contribution in [0, 0.1) is 0 Å². The van der Waals surface area contributed by atoms with Crippen molar-refractivity contribution in [2.24, 2.45) is 0 Å². The first-order valence-corrected chi connectivity index (χ1v) is 11.2. The molecule has 0 saturated carbocycles. The Balaban J connectivity index is 1.31. The standard InChI is InChI=1S/C28H29NO2/c1-29(20-21-12-15-27-28(19-21)31-18-17-30-27)16-6-11-26-24-9-4-2-7-22(24)13-14-23-8-3-5-10-25(23)26/h2-5,7-12,15,19H,6,13-14,16-18,20H2,1H3. The fourth-order valence-corrected chi connectivity index (χ4v) is 4.64. The van der Waals surface area contributed by atoms with Crippen molar-refractivity contribution in [2.45, 2.75) is 25.8 Å². The van der Waals surface area contributed by atoms with E-state index in [0.29, 0.717) is 13.2 Å². The van der Waals surface area contributed by atoms with E-state index in [0.717, 1.165) is 43.9 Å². The Kier molecular flexibility index (Phi) is 5.77. The van der Waals surface area contributed by atoms with Gasteiger partial charge in [-0.2, -0.15) is 0 Å². The maximum atomic E-state index is 5.73. The summed E-state index contributed by atoms with van der Waals surface area (Å²) in [6.45, 7) is 3.16. The number of benzene rings is 3. The Morgan fingerprint density at radius 2 is 1.45 bits per heavy atom. The zero-order valence-electron chi connectivity index (χ0n) is 18.1. The number of aryl methyl sites for hydroxylation is 2. The van der Waals surface area contributed by atoms with E-state index in [9.17, 15) is 0 Å². The van der Waals surface area contributed by atoms with E-state index in [1.54, 1.807) is 0 Å². The van der Waals surface area contributed by atoms with Crippen LogP contribution in [-0.2, 0) is 19.4 Å². The van der Waals surface area contributed by atoms with Gasteiger partial charge < -0.3 is 14.4 Å². The summed E-state index contributed by atoms with van der Waals surface area (Å²) in [6, 6.07) is 24.0. The van der Waals surface area contributed by atoms with Crippen molar-refractivity contribution in [3.05, 3.63) is 101 Å². The lowest BCUT2D eigenvalue weighted by Crippen LogP contribution is -2.19. The van der Waals surface area contributed by atoms with Crippen LogP contribution in [0.1, 0.15) is 34.2 Å². The molecule has 0 N–H and O–H groups in total. The zero-order valence-corrected chi connectivity index (χ0v) is 18.1. The molecule has 1 aliphatic carbocycles. The van der Waals surface area contributed by atoms with Crippen LogP contribution in [0.15, 0.2) is 72.8 Å². The van der Waals surface area contributed by atoms with Crippen molar-refractivity contribution < 1.29 is 9.47 Å². The molecule has 158 valence electrons. The SMILES string of the molecule is CN(CCC=C1c2ccccc2CCc2ccccc21)Cc1ccc2c(c1)OCCO2. The lowest BCUT2D eigenvalue weighted by molar-refractivity contribution is 0.171. The van der Waals surface area contributed by atoms with E-state index in [2.05, 4.69) is 78.7 Å². The van der Waals surface area contributed by atoms with Crippen molar-refractivity contribution in [1.29, 1.82) is 0 Å². The molecule has 0 radical (unpaired) electrons. The summed E-state index contributed by atoms with van der Waals surface area (Å²) in [6.07, 6.45) is 5.66. The third-order valence-electron chi connectivity index (χ3n) is 6.20. The molecule has 0 aromatic heterocycles.